The van der Waals surface area contributed by atoms with E-state index < -0.39 is 17.2 Å². The molecule has 6 aliphatic carbocycles. The summed E-state index contributed by atoms with van der Waals surface area (Å²) in [5, 5.41) is 22.2. The van der Waals surface area contributed by atoms with E-state index in [1.807, 2.05) is 0 Å². The molecule has 5 nitrogen and oxygen atoms in total. The van der Waals surface area contributed by atoms with Gasteiger partial charge in [0.25, 0.3) is 5.79 Å². The quantitative estimate of drug-likeness (QED) is 0.587. The summed E-state index contributed by atoms with van der Waals surface area (Å²) in [6.45, 7) is 10.8. The SMILES string of the molecule is CO[C@@]1(O)C(=O)C=C2C(=C3C=C4[C@@]23CC[C@@]2(C)[C@@H]3C[C@@H](C)C(=O)C[C@]3(C)CC[C@]42C)[C@]1(C)O. The number of rotatable bonds is 1. The third-order valence-corrected chi connectivity index (χ3v) is 11.7. The Hall–Kier alpha value is -1.56. The number of ketones is 2. The van der Waals surface area contributed by atoms with Gasteiger partial charge in [0.15, 0.2) is 0 Å². The molecule has 3 saturated carbocycles. The summed E-state index contributed by atoms with van der Waals surface area (Å²) in [4.78, 5) is 25.6. The highest BCUT2D eigenvalue weighted by Crippen LogP contribution is 2.81. The van der Waals surface area contributed by atoms with Gasteiger partial charge in [0.1, 0.15) is 11.4 Å². The third-order valence-electron chi connectivity index (χ3n) is 11.7. The smallest absolute Gasteiger partial charge is 0.264 e. The Labute approximate surface area is 196 Å². The number of Topliss-reactive ketones (excluding diaryl/α,β-unsaturated/α-hetero) is 1. The standard InChI is InChI=1S/C28H36O5/c1-15-11-19-23(2,14-18(15)29)7-8-25(4)20-12-16-22-17(27(16,20)10-9-24(19,25)3)13-21(30)28(32,33-6)26(22,5)31/h12-13,15,19,31-32H,7-11,14H2,1-6H3/t15-,19-,23+,24+,25-,26+,27-,28+/m1/s1. The van der Waals surface area contributed by atoms with Gasteiger partial charge in [-0.1, -0.05) is 33.8 Å². The molecule has 1 spiro atoms. The number of aliphatic hydroxyl groups is 2. The van der Waals surface area contributed by atoms with E-state index in [1.165, 1.54) is 25.7 Å². The van der Waals surface area contributed by atoms with Crippen molar-refractivity contribution in [2.75, 3.05) is 7.11 Å². The van der Waals surface area contributed by atoms with E-state index in [2.05, 4.69) is 33.8 Å². The molecular formula is C28H36O5. The molecule has 0 aliphatic heterocycles. The molecule has 0 unspecified atom stereocenters. The topological polar surface area (TPSA) is 83.8 Å². The molecule has 178 valence electrons. The van der Waals surface area contributed by atoms with Crippen LogP contribution in [0.5, 0.6) is 0 Å². The van der Waals surface area contributed by atoms with Crippen LogP contribution in [0.4, 0.5) is 0 Å². The van der Waals surface area contributed by atoms with Crippen molar-refractivity contribution in [3.8, 4) is 0 Å². The zero-order chi connectivity index (χ0) is 24.0. The molecule has 6 aliphatic rings. The van der Waals surface area contributed by atoms with Gasteiger partial charge >= 0.3 is 0 Å². The lowest BCUT2D eigenvalue weighted by molar-refractivity contribution is -0.254. The Balaban J connectivity index is 1.47. The molecule has 33 heavy (non-hydrogen) atoms. The number of hydrogen-bond donors (Lipinski definition) is 2. The molecule has 0 heterocycles. The molecule has 6 rings (SSSR count). The van der Waals surface area contributed by atoms with Crippen LogP contribution in [0.1, 0.15) is 73.1 Å². The molecular weight excluding hydrogens is 416 g/mol. The Morgan fingerprint density at radius 3 is 2.36 bits per heavy atom. The van der Waals surface area contributed by atoms with Crippen LogP contribution < -0.4 is 0 Å². The van der Waals surface area contributed by atoms with E-state index in [1.54, 1.807) is 0 Å². The summed E-state index contributed by atoms with van der Waals surface area (Å²) in [7, 11) is 1.26. The molecule has 3 fully saturated rings. The molecule has 0 bridgehead atoms. The maximum absolute atomic E-state index is 12.9. The average molecular weight is 453 g/mol. The predicted octanol–water partition coefficient (Wildman–Crippen LogP) is 4.04. The fraction of sp³-hybridized carbons (Fsp3) is 0.714. The van der Waals surface area contributed by atoms with Crippen LogP contribution in [0.15, 0.2) is 34.4 Å². The van der Waals surface area contributed by atoms with Crippen LogP contribution >= 0.6 is 0 Å². The van der Waals surface area contributed by atoms with Crippen molar-refractivity contribution in [3.63, 3.8) is 0 Å². The second-order valence-corrected chi connectivity index (χ2v) is 12.8. The highest BCUT2D eigenvalue weighted by Gasteiger charge is 2.75. The van der Waals surface area contributed by atoms with Crippen molar-refractivity contribution >= 4 is 11.6 Å². The monoisotopic (exact) mass is 452 g/mol. The van der Waals surface area contributed by atoms with Crippen molar-refractivity contribution in [3.05, 3.63) is 34.4 Å². The zero-order valence-electron chi connectivity index (χ0n) is 20.7. The molecule has 2 N–H and O–H groups in total. The Morgan fingerprint density at radius 1 is 1.00 bits per heavy atom. The summed E-state index contributed by atoms with van der Waals surface area (Å²) < 4.78 is 5.14. The maximum Gasteiger partial charge on any atom is 0.264 e. The predicted molar refractivity (Wildman–Crippen MR) is 123 cm³/mol. The zero-order valence-corrected chi connectivity index (χ0v) is 20.7. The fourth-order valence-corrected chi connectivity index (χ4v) is 9.32. The molecule has 0 aromatic rings. The van der Waals surface area contributed by atoms with E-state index in [4.69, 9.17) is 4.74 Å². The highest BCUT2D eigenvalue weighted by molar-refractivity contribution is 6.03. The van der Waals surface area contributed by atoms with Gasteiger partial charge in [0.2, 0.25) is 5.78 Å². The van der Waals surface area contributed by atoms with Gasteiger partial charge in [0, 0.05) is 24.9 Å². The Morgan fingerprint density at radius 2 is 1.70 bits per heavy atom. The first kappa shape index (κ1) is 21.9. The van der Waals surface area contributed by atoms with Crippen LogP contribution in [-0.4, -0.2) is 40.3 Å². The summed E-state index contributed by atoms with van der Waals surface area (Å²) >= 11 is 0. The van der Waals surface area contributed by atoms with Gasteiger partial charge in [-0.2, -0.15) is 0 Å². The minimum Gasteiger partial charge on any atom is -0.379 e. The van der Waals surface area contributed by atoms with Crippen molar-refractivity contribution in [1.82, 2.24) is 0 Å². The van der Waals surface area contributed by atoms with Crippen LogP contribution in [-0.2, 0) is 14.3 Å². The van der Waals surface area contributed by atoms with E-state index >= 15 is 0 Å². The molecule has 0 aromatic heterocycles. The first-order valence-corrected chi connectivity index (χ1v) is 12.5. The first-order chi connectivity index (χ1) is 15.2. The van der Waals surface area contributed by atoms with Crippen molar-refractivity contribution in [2.24, 2.45) is 33.5 Å². The summed E-state index contributed by atoms with van der Waals surface area (Å²) in [6.07, 6.45) is 9.46. The fourth-order valence-electron chi connectivity index (χ4n) is 9.32. The lowest BCUT2D eigenvalue weighted by Crippen LogP contribution is -2.70. The van der Waals surface area contributed by atoms with E-state index in [0.717, 1.165) is 43.3 Å². The summed E-state index contributed by atoms with van der Waals surface area (Å²) in [5.74, 6) is -1.80. The van der Waals surface area contributed by atoms with Crippen LogP contribution in [0.3, 0.4) is 0 Å². The van der Waals surface area contributed by atoms with Gasteiger partial charge in [-0.15, -0.1) is 0 Å². The largest absolute Gasteiger partial charge is 0.379 e. The number of carbonyl (C=O) groups excluding carboxylic acids is 2. The molecule has 0 aromatic carbocycles. The molecule has 0 amide bonds. The van der Waals surface area contributed by atoms with E-state index in [-0.39, 0.29) is 27.6 Å². The second-order valence-electron chi connectivity index (χ2n) is 12.8. The van der Waals surface area contributed by atoms with Gasteiger partial charge in [0.05, 0.1) is 0 Å². The lowest BCUT2D eigenvalue weighted by atomic mass is 9.29. The van der Waals surface area contributed by atoms with E-state index in [0.29, 0.717) is 23.7 Å². The molecule has 0 saturated heterocycles. The van der Waals surface area contributed by atoms with Gasteiger partial charge in [-0.3, -0.25) is 9.59 Å². The maximum atomic E-state index is 12.9. The number of allylic oxidation sites excluding steroid dienone is 3. The number of fused-ring (bicyclic) bond motifs is 5. The number of hydrogen-bond acceptors (Lipinski definition) is 5. The van der Waals surface area contributed by atoms with Gasteiger partial charge < -0.3 is 14.9 Å². The normalized spacial score (nSPS) is 54.5. The van der Waals surface area contributed by atoms with Crippen LogP contribution in [0.25, 0.3) is 0 Å². The minimum atomic E-state index is -2.26. The summed E-state index contributed by atoms with van der Waals surface area (Å²) in [6, 6.07) is 0. The minimum absolute atomic E-state index is 0.0185. The van der Waals surface area contributed by atoms with Gasteiger partial charge in [-0.25, -0.2) is 0 Å². The van der Waals surface area contributed by atoms with Crippen LogP contribution in [0.2, 0.25) is 0 Å². The van der Waals surface area contributed by atoms with Crippen molar-refractivity contribution in [2.45, 2.75) is 84.5 Å². The molecule has 8 atom stereocenters. The number of carbonyl (C=O) groups is 2. The summed E-state index contributed by atoms with van der Waals surface area (Å²) in [5.41, 5.74) is 2.09. The lowest BCUT2D eigenvalue weighted by Gasteiger charge is -2.74. The van der Waals surface area contributed by atoms with Crippen molar-refractivity contribution in [1.29, 1.82) is 0 Å². The molecule has 5 heteroatoms. The Kier molecular flexibility index (Phi) is 3.86. The van der Waals surface area contributed by atoms with Crippen molar-refractivity contribution < 1.29 is 24.5 Å². The number of methoxy groups -OCH3 is 1. The number of ether oxygens (including phenoxy) is 1. The first-order valence-electron chi connectivity index (χ1n) is 12.5. The van der Waals surface area contributed by atoms with E-state index in [9.17, 15) is 19.8 Å². The third kappa shape index (κ3) is 2.02. The highest BCUT2D eigenvalue weighted by atomic mass is 16.6. The second kappa shape index (κ2) is 5.80. The van der Waals surface area contributed by atoms with Crippen LogP contribution in [0, 0.1) is 33.5 Å². The Bertz CT molecular complexity index is 1130. The molecule has 0 radical (unpaired) electrons. The van der Waals surface area contributed by atoms with Gasteiger partial charge in [-0.05, 0) is 89.6 Å². The average Bonchev–Trinajstić information content (AvgIpc) is 2.73.